The van der Waals surface area contributed by atoms with E-state index in [0.29, 0.717) is 0 Å². The molecule has 0 saturated heterocycles. The summed E-state index contributed by atoms with van der Waals surface area (Å²) in [5.41, 5.74) is 0. The van der Waals surface area contributed by atoms with E-state index in [9.17, 15) is 0 Å². The Morgan fingerprint density at radius 3 is 2.91 bits per heavy atom. The van der Waals surface area contributed by atoms with Gasteiger partial charge in [0.15, 0.2) is 0 Å². The van der Waals surface area contributed by atoms with Crippen molar-refractivity contribution in [2.45, 2.75) is 13.3 Å². The smallest absolute Gasteiger partial charge is 0.126 e. The predicted octanol–water partition coefficient (Wildman–Crippen LogP) is 3.25. The van der Waals surface area contributed by atoms with Gasteiger partial charge in [0.1, 0.15) is 11.5 Å². The van der Waals surface area contributed by atoms with Crippen LogP contribution in [0.1, 0.15) is 18.4 Å². The molecule has 0 unspecified atom stereocenters. The molecule has 0 spiro atoms. The van der Waals surface area contributed by atoms with Crippen LogP contribution in [0, 0.1) is 0 Å². The maximum Gasteiger partial charge on any atom is 0.126 e. The molecule has 0 aromatic carbocycles. The average molecular weight is 215 g/mol. The molecule has 0 N–H and O–H groups in total. The third-order valence-corrected chi connectivity index (χ3v) is 1.78. The minimum atomic E-state index is 0.870. The third kappa shape index (κ3) is 2.54. The Morgan fingerprint density at radius 2 is 2.36 bits per heavy atom. The van der Waals surface area contributed by atoms with E-state index in [2.05, 4.69) is 22.9 Å². The normalized spacial score (nSPS) is 11.1. The maximum atomic E-state index is 5.43. The first-order valence-electron chi connectivity index (χ1n) is 3.68. The van der Waals surface area contributed by atoms with E-state index >= 15 is 0 Å². The number of halogens is 1. The molecule has 1 heterocycles. The summed E-state index contributed by atoms with van der Waals surface area (Å²) in [6.07, 6.45) is 4.94. The van der Waals surface area contributed by atoms with Gasteiger partial charge in [0.25, 0.3) is 0 Å². The molecule has 0 bridgehead atoms. The molecule has 1 rings (SSSR count). The zero-order valence-corrected chi connectivity index (χ0v) is 8.10. The quantitative estimate of drug-likeness (QED) is 0.705. The van der Waals surface area contributed by atoms with Gasteiger partial charge >= 0.3 is 0 Å². The van der Waals surface area contributed by atoms with Gasteiger partial charge in [0, 0.05) is 11.8 Å². The SMILES string of the molecule is CCc1ccc(C=CCBr)o1. The molecule has 0 saturated carbocycles. The first-order valence-corrected chi connectivity index (χ1v) is 4.80. The van der Waals surface area contributed by atoms with Crippen LogP contribution in [0.5, 0.6) is 0 Å². The molecular weight excluding hydrogens is 204 g/mol. The zero-order valence-electron chi connectivity index (χ0n) is 6.51. The lowest BCUT2D eigenvalue weighted by atomic mass is 10.3. The second-order valence-electron chi connectivity index (χ2n) is 2.21. The fourth-order valence-corrected chi connectivity index (χ4v) is 1.02. The molecule has 0 radical (unpaired) electrons. The van der Waals surface area contributed by atoms with Crippen molar-refractivity contribution in [3.05, 3.63) is 29.7 Å². The highest BCUT2D eigenvalue weighted by Gasteiger charge is 1.94. The minimum absolute atomic E-state index is 0.870. The molecule has 0 aliphatic carbocycles. The highest BCUT2D eigenvalue weighted by atomic mass is 79.9. The van der Waals surface area contributed by atoms with Crippen LogP contribution in [0.3, 0.4) is 0 Å². The first-order chi connectivity index (χ1) is 5.36. The first kappa shape index (κ1) is 8.60. The topological polar surface area (TPSA) is 13.1 Å². The van der Waals surface area contributed by atoms with Crippen molar-refractivity contribution in [3.63, 3.8) is 0 Å². The van der Waals surface area contributed by atoms with E-state index in [-0.39, 0.29) is 0 Å². The van der Waals surface area contributed by atoms with Gasteiger partial charge in [-0.05, 0) is 18.2 Å². The molecule has 0 aliphatic heterocycles. The van der Waals surface area contributed by atoms with Gasteiger partial charge < -0.3 is 4.42 Å². The van der Waals surface area contributed by atoms with Crippen LogP contribution in [-0.4, -0.2) is 5.33 Å². The van der Waals surface area contributed by atoms with E-state index in [0.717, 1.165) is 23.3 Å². The molecule has 1 aromatic heterocycles. The van der Waals surface area contributed by atoms with Crippen LogP contribution in [0.2, 0.25) is 0 Å². The number of hydrogen-bond donors (Lipinski definition) is 0. The van der Waals surface area contributed by atoms with E-state index < -0.39 is 0 Å². The fourth-order valence-electron chi connectivity index (χ4n) is 0.835. The molecule has 1 aromatic rings. The summed E-state index contributed by atoms with van der Waals surface area (Å²) in [7, 11) is 0. The Morgan fingerprint density at radius 1 is 1.55 bits per heavy atom. The molecule has 0 fully saturated rings. The molecule has 0 aliphatic rings. The summed E-state index contributed by atoms with van der Waals surface area (Å²) in [6.45, 7) is 2.08. The van der Waals surface area contributed by atoms with Gasteiger partial charge in [0.2, 0.25) is 0 Å². The van der Waals surface area contributed by atoms with Crippen molar-refractivity contribution in [3.8, 4) is 0 Å². The molecule has 0 amide bonds. The highest BCUT2D eigenvalue weighted by molar-refractivity contribution is 9.09. The molecule has 11 heavy (non-hydrogen) atoms. The van der Waals surface area contributed by atoms with Crippen molar-refractivity contribution >= 4 is 22.0 Å². The summed E-state index contributed by atoms with van der Waals surface area (Å²) in [4.78, 5) is 0. The lowest BCUT2D eigenvalue weighted by Crippen LogP contribution is -1.68. The van der Waals surface area contributed by atoms with Crippen molar-refractivity contribution in [1.82, 2.24) is 0 Å². The van der Waals surface area contributed by atoms with Crippen LogP contribution < -0.4 is 0 Å². The minimum Gasteiger partial charge on any atom is -0.462 e. The van der Waals surface area contributed by atoms with E-state index in [1.54, 1.807) is 0 Å². The van der Waals surface area contributed by atoms with E-state index in [1.165, 1.54) is 0 Å². The van der Waals surface area contributed by atoms with Crippen LogP contribution in [0.25, 0.3) is 6.08 Å². The van der Waals surface area contributed by atoms with Crippen LogP contribution >= 0.6 is 15.9 Å². The maximum absolute atomic E-state index is 5.43. The number of aryl methyl sites for hydroxylation is 1. The highest BCUT2D eigenvalue weighted by Crippen LogP contribution is 2.09. The number of rotatable bonds is 3. The van der Waals surface area contributed by atoms with E-state index in [4.69, 9.17) is 4.42 Å². The molecule has 0 atom stereocenters. The predicted molar refractivity (Wildman–Crippen MR) is 50.9 cm³/mol. The van der Waals surface area contributed by atoms with Gasteiger partial charge in [-0.15, -0.1) is 0 Å². The Bertz CT molecular complexity index is 237. The van der Waals surface area contributed by atoms with Gasteiger partial charge in [-0.2, -0.15) is 0 Å². The van der Waals surface area contributed by atoms with E-state index in [1.807, 2.05) is 24.3 Å². The van der Waals surface area contributed by atoms with Gasteiger partial charge in [-0.1, -0.05) is 28.9 Å². The molecular formula is C9H11BrO. The summed E-state index contributed by atoms with van der Waals surface area (Å²) < 4.78 is 5.43. The second kappa shape index (κ2) is 4.39. The molecule has 60 valence electrons. The summed E-state index contributed by atoms with van der Waals surface area (Å²) >= 11 is 3.30. The van der Waals surface area contributed by atoms with Crippen LogP contribution in [-0.2, 0) is 6.42 Å². The standard InChI is InChI=1S/C9H11BrO/c1-2-8-5-6-9(11-8)4-3-7-10/h3-6H,2,7H2,1H3. The van der Waals surface area contributed by atoms with Crippen molar-refractivity contribution in [2.75, 3.05) is 5.33 Å². The number of furan rings is 1. The lowest BCUT2D eigenvalue weighted by molar-refractivity contribution is 0.507. The van der Waals surface area contributed by atoms with Crippen molar-refractivity contribution in [1.29, 1.82) is 0 Å². The van der Waals surface area contributed by atoms with Crippen LogP contribution in [0.15, 0.2) is 22.6 Å². The monoisotopic (exact) mass is 214 g/mol. The second-order valence-corrected chi connectivity index (χ2v) is 2.86. The number of alkyl halides is 1. The van der Waals surface area contributed by atoms with Gasteiger partial charge in [-0.25, -0.2) is 0 Å². The molecule has 2 heteroatoms. The molecule has 1 nitrogen and oxygen atoms in total. The summed E-state index contributed by atoms with van der Waals surface area (Å²) in [5, 5.41) is 0.870. The average Bonchev–Trinajstić information content (AvgIpc) is 2.48. The van der Waals surface area contributed by atoms with Gasteiger partial charge in [0.05, 0.1) is 0 Å². The zero-order chi connectivity index (χ0) is 8.10. The van der Waals surface area contributed by atoms with Crippen LogP contribution in [0.4, 0.5) is 0 Å². The Labute approximate surface area is 75.2 Å². The van der Waals surface area contributed by atoms with Gasteiger partial charge in [-0.3, -0.25) is 0 Å². The largest absolute Gasteiger partial charge is 0.462 e. The summed E-state index contributed by atoms with van der Waals surface area (Å²) in [5.74, 6) is 1.97. The Kier molecular flexibility index (Phi) is 3.43. The lowest BCUT2D eigenvalue weighted by Gasteiger charge is -1.85. The van der Waals surface area contributed by atoms with Crippen molar-refractivity contribution < 1.29 is 4.42 Å². The number of allylic oxidation sites excluding steroid dienone is 1. The number of hydrogen-bond acceptors (Lipinski definition) is 1. The fraction of sp³-hybridized carbons (Fsp3) is 0.333. The Hall–Kier alpha value is -0.500. The summed E-state index contributed by atoms with van der Waals surface area (Å²) in [6, 6.07) is 3.99. The Balaban J connectivity index is 2.65. The third-order valence-electron chi connectivity index (χ3n) is 1.40. The van der Waals surface area contributed by atoms with Crippen molar-refractivity contribution in [2.24, 2.45) is 0 Å².